The van der Waals surface area contributed by atoms with Crippen LogP contribution in [-0.2, 0) is 0 Å². The first kappa shape index (κ1) is 11.5. The number of nitrogens with one attached hydrogen (secondary N) is 1. The Morgan fingerprint density at radius 3 is 3.00 bits per heavy atom. The fourth-order valence-electron chi connectivity index (χ4n) is 1.94. The molecular formula is C13H23N. The molecule has 1 unspecified atom stereocenters. The van der Waals surface area contributed by atoms with E-state index in [1.54, 1.807) is 5.57 Å². The SMILES string of the molecule is C=CC(CC1=CCCCC1)NCCC. The molecule has 0 saturated heterocycles. The Balaban J connectivity index is 2.31. The standard InChI is InChI=1S/C13H23N/c1-3-10-14-13(4-2)11-12-8-6-5-7-9-12/h4,8,13-14H,2-3,5-7,9-11H2,1H3. The molecule has 0 bridgehead atoms. The van der Waals surface area contributed by atoms with Gasteiger partial charge in [0, 0.05) is 6.04 Å². The fraction of sp³-hybridized carbons (Fsp3) is 0.692. The Bertz CT molecular complexity index is 193. The van der Waals surface area contributed by atoms with Crippen LogP contribution in [0.5, 0.6) is 0 Å². The minimum atomic E-state index is 0.485. The van der Waals surface area contributed by atoms with Crippen LogP contribution in [0.2, 0.25) is 0 Å². The largest absolute Gasteiger partial charge is 0.310 e. The Kier molecular flexibility index (Phi) is 5.62. The first-order valence-corrected chi connectivity index (χ1v) is 5.90. The van der Waals surface area contributed by atoms with Crippen LogP contribution in [0.25, 0.3) is 0 Å². The predicted molar refractivity (Wildman–Crippen MR) is 63.4 cm³/mol. The highest BCUT2D eigenvalue weighted by molar-refractivity contribution is 5.09. The van der Waals surface area contributed by atoms with Gasteiger partial charge in [0.15, 0.2) is 0 Å². The second-order valence-corrected chi connectivity index (χ2v) is 4.11. The normalized spacial score (nSPS) is 18.8. The molecule has 0 amide bonds. The lowest BCUT2D eigenvalue weighted by molar-refractivity contribution is 0.561. The molecule has 1 N–H and O–H groups in total. The Labute approximate surface area is 88.3 Å². The minimum Gasteiger partial charge on any atom is -0.310 e. The van der Waals surface area contributed by atoms with Gasteiger partial charge in [-0.05, 0) is 45.1 Å². The summed E-state index contributed by atoms with van der Waals surface area (Å²) in [5.74, 6) is 0. The predicted octanol–water partition coefficient (Wildman–Crippen LogP) is 3.43. The van der Waals surface area contributed by atoms with Crippen molar-refractivity contribution in [2.75, 3.05) is 6.54 Å². The van der Waals surface area contributed by atoms with Crippen molar-refractivity contribution in [1.82, 2.24) is 5.32 Å². The number of hydrogen-bond donors (Lipinski definition) is 1. The van der Waals surface area contributed by atoms with Crippen LogP contribution in [0.3, 0.4) is 0 Å². The molecule has 0 fully saturated rings. The molecule has 1 aliphatic carbocycles. The van der Waals surface area contributed by atoms with Gasteiger partial charge in [-0.2, -0.15) is 0 Å². The van der Waals surface area contributed by atoms with Crippen LogP contribution in [0, 0.1) is 0 Å². The first-order chi connectivity index (χ1) is 6.86. The quantitative estimate of drug-likeness (QED) is 0.637. The zero-order chi connectivity index (χ0) is 10.2. The molecular weight excluding hydrogens is 170 g/mol. The average molecular weight is 193 g/mol. The second-order valence-electron chi connectivity index (χ2n) is 4.11. The van der Waals surface area contributed by atoms with Crippen LogP contribution in [0.15, 0.2) is 24.3 Å². The Morgan fingerprint density at radius 2 is 2.43 bits per heavy atom. The van der Waals surface area contributed by atoms with Gasteiger partial charge in [-0.15, -0.1) is 6.58 Å². The lowest BCUT2D eigenvalue weighted by Crippen LogP contribution is -2.28. The third-order valence-electron chi connectivity index (χ3n) is 2.81. The maximum atomic E-state index is 3.89. The summed E-state index contributed by atoms with van der Waals surface area (Å²) >= 11 is 0. The van der Waals surface area contributed by atoms with Crippen LogP contribution in [-0.4, -0.2) is 12.6 Å². The van der Waals surface area contributed by atoms with Crippen molar-refractivity contribution in [3.63, 3.8) is 0 Å². The van der Waals surface area contributed by atoms with Gasteiger partial charge in [0.2, 0.25) is 0 Å². The lowest BCUT2D eigenvalue weighted by atomic mass is 9.94. The molecule has 1 rings (SSSR count). The van der Waals surface area contributed by atoms with Gasteiger partial charge in [-0.3, -0.25) is 0 Å². The van der Waals surface area contributed by atoms with Crippen LogP contribution >= 0.6 is 0 Å². The average Bonchev–Trinajstić information content (AvgIpc) is 2.25. The summed E-state index contributed by atoms with van der Waals surface area (Å²) < 4.78 is 0. The molecule has 0 spiro atoms. The van der Waals surface area contributed by atoms with Crippen molar-refractivity contribution in [3.8, 4) is 0 Å². The third-order valence-corrected chi connectivity index (χ3v) is 2.81. The highest BCUT2D eigenvalue weighted by atomic mass is 14.9. The van der Waals surface area contributed by atoms with E-state index in [4.69, 9.17) is 0 Å². The summed E-state index contributed by atoms with van der Waals surface area (Å²) in [6.07, 6.45) is 12.2. The van der Waals surface area contributed by atoms with Crippen molar-refractivity contribution < 1.29 is 0 Å². The van der Waals surface area contributed by atoms with Crippen LogP contribution < -0.4 is 5.32 Å². The summed E-state index contributed by atoms with van der Waals surface area (Å²) in [6, 6.07) is 0.485. The van der Waals surface area contributed by atoms with Crippen LogP contribution in [0.4, 0.5) is 0 Å². The maximum absolute atomic E-state index is 3.89. The first-order valence-electron chi connectivity index (χ1n) is 5.90. The molecule has 1 nitrogen and oxygen atoms in total. The third kappa shape index (κ3) is 4.10. The van der Waals surface area contributed by atoms with E-state index >= 15 is 0 Å². The minimum absolute atomic E-state index is 0.485. The molecule has 0 heterocycles. The zero-order valence-corrected chi connectivity index (χ0v) is 9.39. The summed E-state index contributed by atoms with van der Waals surface area (Å²) in [4.78, 5) is 0. The van der Waals surface area contributed by atoms with E-state index in [1.165, 1.54) is 38.5 Å². The summed E-state index contributed by atoms with van der Waals surface area (Å²) in [5, 5.41) is 3.51. The van der Waals surface area contributed by atoms with E-state index in [2.05, 4.69) is 24.9 Å². The van der Waals surface area contributed by atoms with E-state index in [0.29, 0.717) is 6.04 Å². The Morgan fingerprint density at radius 1 is 1.57 bits per heavy atom. The molecule has 0 aromatic heterocycles. The highest BCUT2D eigenvalue weighted by Gasteiger charge is 2.08. The second kappa shape index (κ2) is 6.83. The van der Waals surface area contributed by atoms with E-state index in [-0.39, 0.29) is 0 Å². The highest BCUT2D eigenvalue weighted by Crippen LogP contribution is 2.21. The van der Waals surface area contributed by atoms with E-state index in [1.807, 2.05) is 6.08 Å². The molecule has 14 heavy (non-hydrogen) atoms. The summed E-state index contributed by atoms with van der Waals surface area (Å²) in [5.41, 5.74) is 1.63. The molecule has 1 atom stereocenters. The van der Waals surface area contributed by atoms with Gasteiger partial charge >= 0.3 is 0 Å². The molecule has 1 heteroatoms. The van der Waals surface area contributed by atoms with Gasteiger partial charge in [-0.25, -0.2) is 0 Å². The van der Waals surface area contributed by atoms with Gasteiger partial charge in [0.1, 0.15) is 0 Å². The van der Waals surface area contributed by atoms with E-state index in [9.17, 15) is 0 Å². The van der Waals surface area contributed by atoms with Crippen molar-refractivity contribution >= 4 is 0 Å². The monoisotopic (exact) mass is 193 g/mol. The molecule has 0 aromatic carbocycles. The summed E-state index contributed by atoms with van der Waals surface area (Å²) in [6.45, 7) is 7.19. The Hall–Kier alpha value is -0.560. The number of rotatable bonds is 6. The molecule has 0 saturated carbocycles. The smallest absolute Gasteiger partial charge is 0.0284 e. The molecule has 0 radical (unpaired) electrons. The van der Waals surface area contributed by atoms with Crippen molar-refractivity contribution in [2.45, 2.75) is 51.5 Å². The molecule has 0 aromatic rings. The van der Waals surface area contributed by atoms with Crippen molar-refractivity contribution in [1.29, 1.82) is 0 Å². The van der Waals surface area contributed by atoms with Crippen molar-refractivity contribution in [3.05, 3.63) is 24.3 Å². The van der Waals surface area contributed by atoms with E-state index in [0.717, 1.165) is 6.54 Å². The molecule has 1 aliphatic rings. The van der Waals surface area contributed by atoms with E-state index < -0.39 is 0 Å². The van der Waals surface area contributed by atoms with Crippen LogP contribution in [0.1, 0.15) is 45.4 Å². The number of allylic oxidation sites excluding steroid dienone is 1. The van der Waals surface area contributed by atoms with Gasteiger partial charge in [-0.1, -0.05) is 24.6 Å². The lowest BCUT2D eigenvalue weighted by Gasteiger charge is -2.18. The zero-order valence-electron chi connectivity index (χ0n) is 9.39. The van der Waals surface area contributed by atoms with Gasteiger partial charge < -0.3 is 5.32 Å². The molecule has 80 valence electrons. The number of hydrogen-bond acceptors (Lipinski definition) is 1. The summed E-state index contributed by atoms with van der Waals surface area (Å²) in [7, 11) is 0. The molecule has 0 aliphatic heterocycles. The van der Waals surface area contributed by atoms with Gasteiger partial charge in [0.25, 0.3) is 0 Å². The van der Waals surface area contributed by atoms with Gasteiger partial charge in [0.05, 0.1) is 0 Å². The van der Waals surface area contributed by atoms with Crippen molar-refractivity contribution in [2.24, 2.45) is 0 Å². The maximum Gasteiger partial charge on any atom is 0.0284 e. The fourth-order valence-corrected chi connectivity index (χ4v) is 1.94. The topological polar surface area (TPSA) is 12.0 Å².